The van der Waals surface area contributed by atoms with Crippen LogP contribution in [0.1, 0.15) is 18.2 Å². The monoisotopic (exact) mass is 242 g/mol. The Balaban J connectivity index is 2.37. The fourth-order valence-electron chi connectivity index (χ4n) is 1.98. The van der Waals surface area contributed by atoms with Gasteiger partial charge in [-0.1, -0.05) is 24.3 Å². The predicted molar refractivity (Wildman–Crippen MR) is 74.0 cm³/mol. The summed E-state index contributed by atoms with van der Waals surface area (Å²) in [4.78, 5) is 6.70. The minimum absolute atomic E-state index is 0.0383. The van der Waals surface area contributed by atoms with Crippen molar-refractivity contribution in [3.8, 4) is 0 Å². The van der Waals surface area contributed by atoms with E-state index in [0.717, 1.165) is 29.3 Å². The first-order valence-corrected chi connectivity index (χ1v) is 6.16. The van der Waals surface area contributed by atoms with Crippen molar-refractivity contribution in [3.63, 3.8) is 0 Å². The molecule has 1 N–H and O–H groups in total. The average Bonchev–Trinajstić information content (AvgIpc) is 2.41. The number of aromatic nitrogens is 1. The summed E-state index contributed by atoms with van der Waals surface area (Å²) in [7, 11) is 0. The van der Waals surface area contributed by atoms with Gasteiger partial charge in [-0.15, -0.1) is 0 Å². The number of aliphatic hydroxyl groups is 1. The molecule has 0 amide bonds. The Kier molecular flexibility index (Phi) is 3.95. The van der Waals surface area contributed by atoms with Gasteiger partial charge in [-0.2, -0.15) is 0 Å². The smallest absolute Gasteiger partial charge is 0.133 e. The van der Waals surface area contributed by atoms with E-state index in [9.17, 15) is 0 Å². The van der Waals surface area contributed by atoms with Gasteiger partial charge in [0.05, 0.1) is 6.61 Å². The van der Waals surface area contributed by atoms with Crippen LogP contribution in [0.5, 0.6) is 0 Å². The number of para-hydroxylation sites is 1. The van der Waals surface area contributed by atoms with Crippen LogP contribution in [0.3, 0.4) is 0 Å². The van der Waals surface area contributed by atoms with E-state index in [-0.39, 0.29) is 6.61 Å². The van der Waals surface area contributed by atoms with Gasteiger partial charge in [0.15, 0.2) is 0 Å². The Morgan fingerprint density at radius 1 is 1.11 bits per heavy atom. The first-order valence-electron chi connectivity index (χ1n) is 6.16. The number of pyridine rings is 1. The first kappa shape index (κ1) is 12.6. The van der Waals surface area contributed by atoms with E-state index in [1.807, 2.05) is 37.3 Å². The summed E-state index contributed by atoms with van der Waals surface area (Å²) < 4.78 is 0. The van der Waals surface area contributed by atoms with E-state index in [4.69, 9.17) is 5.11 Å². The molecule has 3 nitrogen and oxygen atoms in total. The number of aryl methyl sites for hydroxylation is 1. The molecule has 1 aromatic carbocycles. The van der Waals surface area contributed by atoms with Crippen LogP contribution < -0.4 is 4.90 Å². The Bertz CT molecular complexity index is 511. The summed E-state index contributed by atoms with van der Waals surface area (Å²) in [5, 5.41) is 9.17. The second-order valence-corrected chi connectivity index (χ2v) is 4.15. The minimum atomic E-state index is 0.0383. The molecule has 0 aliphatic rings. The van der Waals surface area contributed by atoms with Crippen molar-refractivity contribution in [2.24, 2.45) is 0 Å². The standard InChI is InChI=1S/C15H18N2O/c1-3-17(14-7-5-4-6-8-14)15-10-9-13(11-18)12(2)16-15/h4-10,18H,3,11H2,1-2H3. The van der Waals surface area contributed by atoms with E-state index >= 15 is 0 Å². The van der Waals surface area contributed by atoms with Gasteiger partial charge in [0.25, 0.3) is 0 Å². The summed E-state index contributed by atoms with van der Waals surface area (Å²) >= 11 is 0. The molecule has 18 heavy (non-hydrogen) atoms. The van der Waals surface area contributed by atoms with Gasteiger partial charge in [0, 0.05) is 17.9 Å². The van der Waals surface area contributed by atoms with Crippen LogP contribution in [-0.4, -0.2) is 16.6 Å². The highest BCUT2D eigenvalue weighted by atomic mass is 16.3. The maximum Gasteiger partial charge on any atom is 0.133 e. The van der Waals surface area contributed by atoms with Gasteiger partial charge in [-0.05, 0) is 37.6 Å². The maximum atomic E-state index is 9.17. The van der Waals surface area contributed by atoms with Crippen LogP contribution in [0.25, 0.3) is 0 Å². The lowest BCUT2D eigenvalue weighted by molar-refractivity contribution is 0.280. The zero-order chi connectivity index (χ0) is 13.0. The van der Waals surface area contributed by atoms with Gasteiger partial charge in [0.2, 0.25) is 0 Å². The van der Waals surface area contributed by atoms with Crippen LogP contribution in [0.15, 0.2) is 42.5 Å². The van der Waals surface area contributed by atoms with Gasteiger partial charge in [-0.25, -0.2) is 4.98 Å². The molecular weight excluding hydrogens is 224 g/mol. The van der Waals surface area contributed by atoms with E-state index in [1.54, 1.807) is 0 Å². The SMILES string of the molecule is CCN(c1ccccc1)c1ccc(CO)c(C)n1. The molecular formula is C15H18N2O. The van der Waals surface area contributed by atoms with Gasteiger partial charge < -0.3 is 10.0 Å². The third kappa shape index (κ3) is 2.51. The number of rotatable bonds is 4. The third-order valence-corrected chi connectivity index (χ3v) is 3.01. The molecule has 0 saturated carbocycles. The number of hydrogen-bond acceptors (Lipinski definition) is 3. The van der Waals surface area contributed by atoms with Crippen molar-refractivity contribution in [3.05, 3.63) is 53.7 Å². The number of aliphatic hydroxyl groups excluding tert-OH is 1. The summed E-state index contributed by atoms with van der Waals surface area (Å²) in [6.45, 7) is 4.92. The average molecular weight is 242 g/mol. The van der Waals surface area contributed by atoms with E-state index in [1.165, 1.54) is 0 Å². The molecule has 3 heteroatoms. The summed E-state index contributed by atoms with van der Waals surface area (Å²) in [6.07, 6.45) is 0. The Morgan fingerprint density at radius 3 is 2.39 bits per heavy atom. The minimum Gasteiger partial charge on any atom is -0.392 e. The fraction of sp³-hybridized carbons (Fsp3) is 0.267. The molecule has 0 spiro atoms. The van der Waals surface area contributed by atoms with Crippen LogP contribution >= 0.6 is 0 Å². The Hall–Kier alpha value is -1.87. The quantitative estimate of drug-likeness (QED) is 0.895. The van der Waals surface area contributed by atoms with Crippen molar-refractivity contribution in [1.82, 2.24) is 4.98 Å². The molecule has 94 valence electrons. The Morgan fingerprint density at radius 2 is 1.83 bits per heavy atom. The molecule has 2 rings (SSSR count). The lowest BCUT2D eigenvalue weighted by Gasteiger charge is -2.22. The second-order valence-electron chi connectivity index (χ2n) is 4.15. The number of hydrogen-bond donors (Lipinski definition) is 1. The maximum absolute atomic E-state index is 9.17. The van der Waals surface area contributed by atoms with E-state index in [2.05, 4.69) is 28.9 Å². The van der Waals surface area contributed by atoms with Gasteiger partial charge in [-0.3, -0.25) is 0 Å². The number of nitrogens with zero attached hydrogens (tertiary/aromatic N) is 2. The highest BCUT2D eigenvalue weighted by Crippen LogP contribution is 2.23. The van der Waals surface area contributed by atoms with Crippen molar-refractivity contribution in [2.75, 3.05) is 11.4 Å². The molecule has 0 radical (unpaired) electrons. The predicted octanol–water partition coefficient (Wildman–Crippen LogP) is 3.04. The van der Waals surface area contributed by atoms with Crippen molar-refractivity contribution in [2.45, 2.75) is 20.5 Å². The summed E-state index contributed by atoms with van der Waals surface area (Å²) in [5.74, 6) is 0.915. The molecule has 0 unspecified atom stereocenters. The lowest BCUT2D eigenvalue weighted by Crippen LogP contribution is -2.17. The second kappa shape index (κ2) is 5.65. The van der Waals surface area contributed by atoms with Crippen LogP contribution in [0.2, 0.25) is 0 Å². The fourth-order valence-corrected chi connectivity index (χ4v) is 1.98. The normalized spacial score (nSPS) is 10.4. The molecule has 0 bridgehead atoms. The van der Waals surface area contributed by atoms with Crippen molar-refractivity contribution < 1.29 is 5.11 Å². The van der Waals surface area contributed by atoms with Gasteiger partial charge in [0.1, 0.15) is 5.82 Å². The van der Waals surface area contributed by atoms with Crippen LogP contribution in [0, 0.1) is 6.92 Å². The van der Waals surface area contributed by atoms with E-state index < -0.39 is 0 Å². The molecule has 2 aromatic rings. The molecule has 1 heterocycles. The Labute approximate surface area is 108 Å². The highest BCUT2D eigenvalue weighted by Gasteiger charge is 2.09. The summed E-state index contributed by atoms with van der Waals surface area (Å²) in [5.41, 5.74) is 2.89. The zero-order valence-corrected chi connectivity index (χ0v) is 10.8. The van der Waals surface area contributed by atoms with Crippen molar-refractivity contribution in [1.29, 1.82) is 0 Å². The molecule has 0 atom stereocenters. The third-order valence-electron chi connectivity index (χ3n) is 3.01. The van der Waals surface area contributed by atoms with Crippen LogP contribution in [-0.2, 0) is 6.61 Å². The molecule has 0 aliphatic carbocycles. The molecule has 0 saturated heterocycles. The number of anilines is 2. The topological polar surface area (TPSA) is 36.4 Å². The summed E-state index contributed by atoms with van der Waals surface area (Å²) in [6, 6.07) is 14.1. The van der Waals surface area contributed by atoms with Crippen molar-refractivity contribution >= 4 is 11.5 Å². The first-order chi connectivity index (χ1) is 8.76. The molecule has 0 fully saturated rings. The largest absolute Gasteiger partial charge is 0.392 e. The number of benzene rings is 1. The van der Waals surface area contributed by atoms with Gasteiger partial charge >= 0.3 is 0 Å². The van der Waals surface area contributed by atoms with E-state index in [0.29, 0.717) is 0 Å². The highest BCUT2D eigenvalue weighted by molar-refractivity contribution is 5.60. The zero-order valence-electron chi connectivity index (χ0n) is 10.8. The van der Waals surface area contributed by atoms with Crippen LogP contribution in [0.4, 0.5) is 11.5 Å². The molecule has 0 aliphatic heterocycles. The lowest BCUT2D eigenvalue weighted by atomic mass is 10.2. The molecule has 1 aromatic heterocycles.